The normalized spacial score (nSPS) is 19.9. The highest BCUT2D eigenvalue weighted by atomic mass is 32.2. The molecule has 5 rings (SSSR count). The number of fused-ring (bicyclic) bond motifs is 1. The minimum absolute atomic E-state index is 0.0847. The molecule has 0 bridgehead atoms. The molecular formula is C29H32FN3O5S. The second kappa shape index (κ2) is 10.6. The molecule has 39 heavy (non-hydrogen) atoms. The van der Waals surface area contributed by atoms with Crippen molar-refractivity contribution in [3.8, 4) is 16.9 Å². The summed E-state index contributed by atoms with van der Waals surface area (Å²) >= 11 is 0. The maximum atomic E-state index is 15.2. The quantitative estimate of drug-likeness (QED) is 0.337. The molecule has 0 saturated heterocycles. The molecule has 1 fully saturated rings. The average Bonchev–Trinajstić information content (AvgIpc) is 3.57. The molecule has 0 radical (unpaired) electrons. The van der Waals surface area contributed by atoms with Gasteiger partial charge in [0.05, 0.1) is 42.4 Å². The van der Waals surface area contributed by atoms with Crippen LogP contribution in [-0.4, -0.2) is 48.1 Å². The number of nitrogens with zero attached hydrogens (tertiary/aromatic N) is 2. The van der Waals surface area contributed by atoms with E-state index in [0.29, 0.717) is 55.1 Å². The Morgan fingerprint density at radius 2 is 1.92 bits per heavy atom. The molecule has 206 valence electrons. The minimum Gasteiger partial charge on any atom is -0.494 e. The molecule has 0 spiro atoms. The van der Waals surface area contributed by atoms with Crippen LogP contribution in [0.25, 0.3) is 11.1 Å². The summed E-state index contributed by atoms with van der Waals surface area (Å²) in [4.78, 5) is 20.0. The maximum absolute atomic E-state index is 15.2. The predicted molar refractivity (Wildman–Crippen MR) is 146 cm³/mol. The van der Waals surface area contributed by atoms with Crippen LogP contribution < -0.4 is 10.1 Å². The van der Waals surface area contributed by atoms with Crippen molar-refractivity contribution >= 4 is 21.6 Å². The van der Waals surface area contributed by atoms with Crippen LogP contribution in [0.4, 0.5) is 10.2 Å². The molecule has 2 aliphatic carbocycles. The summed E-state index contributed by atoms with van der Waals surface area (Å²) in [6, 6.07) is 6.97. The van der Waals surface area contributed by atoms with Gasteiger partial charge < -0.3 is 15.2 Å². The van der Waals surface area contributed by atoms with Gasteiger partial charge in [0.25, 0.3) is 0 Å². The number of hydrogen-bond donors (Lipinski definition) is 2. The zero-order valence-corrected chi connectivity index (χ0v) is 23.0. The summed E-state index contributed by atoms with van der Waals surface area (Å²) in [5.74, 6) is -0.262. The second-order valence-electron chi connectivity index (χ2n) is 10.6. The zero-order valence-electron chi connectivity index (χ0n) is 22.2. The van der Waals surface area contributed by atoms with Gasteiger partial charge in [0.1, 0.15) is 27.2 Å². The van der Waals surface area contributed by atoms with Crippen molar-refractivity contribution in [3.05, 3.63) is 70.4 Å². The van der Waals surface area contributed by atoms with E-state index in [1.54, 1.807) is 12.4 Å². The molecule has 2 N–H and O–H groups in total. The standard InChI is InChI=1S/C29H32FN3O5S/c1-16-11-18(38-9-4-10-39(3,36)37)12-17(2)27(16)19-5-7-23(30)28-20(19)6-8-24(28)33-26-15-31-25(14-32-26)21-13-22(21)29(34)35/h5,7,11-12,14-15,21-22,24H,4,6,8-10,13H2,1-3H3,(H,32,33)(H,34,35)/t21-,22-,24+/m0/s1. The molecule has 0 aliphatic heterocycles. The lowest BCUT2D eigenvalue weighted by molar-refractivity contribution is -0.138. The summed E-state index contributed by atoms with van der Waals surface area (Å²) in [5, 5.41) is 12.5. The summed E-state index contributed by atoms with van der Waals surface area (Å²) in [7, 11) is -3.02. The number of ether oxygens (including phenoxy) is 1. The highest BCUT2D eigenvalue weighted by molar-refractivity contribution is 7.90. The van der Waals surface area contributed by atoms with Crippen LogP contribution >= 0.6 is 0 Å². The van der Waals surface area contributed by atoms with E-state index in [4.69, 9.17) is 9.84 Å². The topological polar surface area (TPSA) is 118 Å². The third-order valence-corrected chi connectivity index (χ3v) is 8.55. The molecule has 1 aromatic heterocycles. The summed E-state index contributed by atoms with van der Waals surface area (Å²) in [6.07, 6.45) is 6.83. The van der Waals surface area contributed by atoms with E-state index in [0.717, 1.165) is 27.8 Å². The lowest BCUT2D eigenvalue weighted by Crippen LogP contribution is -2.11. The number of aliphatic carboxylic acids is 1. The third kappa shape index (κ3) is 5.90. The van der Waals surface area contributed by atoms with E-state index in [9.17, 15) is 13.2 Å². The molecule has 0 amide bonds. The molecule has 1 heterocycles. The molecule has 2 aromatic carbocycles. The Labute approximate surface area is 227 Å². The molecule has 10 heteroatoms. The third-order valence-electron chi connectivity index (χ3n) is 7.52. The number of hydrogen-bond acceptors (Lipinski definition) is 7. The number of aryl methyl sites for hydroxylation is 2. The molecule has 2 aliphatic rings. The van der Waals surface area contributed by atoms with Crippen LogP contribution in [0, 0.1) is 25.6 Å². The van der Waals surface area contributed by atoms with Gasteiger partial charge in [-0.1, -0.05) is 6.07 Å². The Morgan fingerprint density at radius 3 is 2.54 bits per heavy atom. The minimum atomic E-state index is -3.02. The summed E-state index contributed by atoms with van der Waals surface area (Å²) in [5.41, 5.74) is 6.29. The monoisotopic (exact) mass is 553 g/mol. The fourth-order valence-corrected chi connectivity index (χ4v) is 6.26. The first-order valence-corrected chi connectivity index (χ1v) is 15.1. The summed E-state index contributed by atoms with van der Waals surface area (Å²) < 4.78 is 43.7. The van der Waals surface area contributed by atoms with Crippen LogP contribution in [0.2, 0.25) is 0 Å². The number of carbonyl (C=O) groups is 1. The van der Waals surface area contributed by atoms with Gasteiger partial charge in [0.15, 0.2) is 0 Å². The lowest BCUT2D eigenvalue weighted by atomic mass is 9.90. The van der Waals surface area contributed by atoms with Gasteiger partial charge in [-0.25, -0.2) is 17.8 Å². The smallest absolute Gasteiger partial charge is 0.307 e. The van der Waals surface area contributed by atoms with Gasteiger partial charge in [-0.15, -0.1) is 0 Å². The van der Waals surface area contributed by atoms with Crippen molar-refractivity contribution in [3.63, 3.8) is 0 Å². The average molecular weight is 554 g/mol. The first-order chi connectivity index (χ1) is 18.5. The molecule has 3 aromatic rings. The van der Waals surface area contributed by atoms with E-state index in [2.05, 4.69) is 15.3 Å². The van der Waals surface area contributed by atoms with Crippen LogP contribution in [0.15, 0.2) is 36.7 Å². The Bertz CT molecular complexity index is 1500. The molecular weight excluding hydrogens is 521 g/mol. The van der Waals surface area contributed by atoms with E-state index >= 15 is 4.39 Å². The van der Waals surface area contributed by atoms with Crippen LogP contribution in [0.1, 0.15) is 59.2 Å². The number of anilines is 1. The lowest BCUT2D eigenvalue weighted by Gasteiger charge is -2.19. The molecule has 1 saturated carbocycles. The maximum Gasteiger partial charge on any atom is 0.307 e. The number of sulfone groups is 1. The van der Waals surface area contributed by atoms with E-state index in [1.165, 1.54) is 12.3 Å². The van der Waals surface area contributed by atoms with Crippen LogP contribution in [0.3, 0.4) is 0 Å². The number of benzene rings is 2. The van der Waals surface area contributed by atoms with Gasteiger partial charge in [0.2, 0.25) is 0 Å². The van der Waals surface area contributed by atoms with E-state index in [1.807, 2.05) is 32.0 Å². The van der Waals surface area contributed by atoms with Crippen molar-refractivity contribution in [1.82, 2.24) is 9.97 Å². The van der Waals surface area contributed by atoms with Crippen LogP contribution in [-0.2, 0) is 21.1 Å². The first kappa shape index (κ1) is 27.1. The largest absolute Gasteiger partial charge is 0.494 e. The SMILES string of the molecule is Cc1cc(OCCCS(C)(=O)=O)cc(C)c1-c1ccc(F)c2c1CC[C@H]2Nc1cnc([C@H]2C[C@@H]2C(=O)O)cn1. The van der Waals surface area contributed by atoms with Crippen molar-refractivity contribution in [2.24, 2.45) is 5.92 Å². The van der Waals surface area contributed by atoms with Gasteiger partial charge in [-0.3, -0.25) is 9.78 Å². The molecule has 3 atom stereocenters. The highest BCUT2D eigenvalue weighted by Crippen LogP contribution is 2.47. The Balaban J connectivity index is 1.33. The van der Waals surface area contributed by atoms with Gasteiger partial charge in [0, 0.05) is 17.7 Å². The Hall–Kier alpha value is -3.53. The van der Waals surface area contributed by atoms with Crippen molar-refractivity contribution in [2.75, 3.05) is 23.9 Å². The molecule has 8 nitrogen and oxygen atoms in total. The van der Waals surface area contributed by atoms with Gasteiger partial charge >= 0.3 is 5.97 Å². The fraction of sp³-hybridized carbons (Fsp3) is 0.414. The fourth-order valence-electron chi connectivity index (χ4n) is 5.61. The molecule has 0 unspecified atom stereocenters. The highest BCUT2D eigenvalue weighted by Gasteiger charge is 2.45. The summed E-state index contributed by atoms with van der Waals surface area (Å²) in [6.45, 7) is 4.31. The number of aromatic nitrogens is 2. The number of halogens is 1. The number of carboxylic acids is 1. The van der Waals surface area contributed by atoms with Gasteiger partial charge in [-0.2, -0.15) is 0 Å². The zero-order chi connectivity index (χ0) is 27.9. The van der Waals surface area contributed by atoms with Crippen molar-refractivity contribution in [2.45, 2.75) is 51.5 Å². The van der Waals surface area contributed by atoms with Crippen LogP contribution in [0.5, 0.6) is 5.75 Å². The second-order valence-corrected chi connectivity index (χ2v) is 12.9. The number of nitrogens with one attached hydrogen (secondary N) is 1. The Morgan fingerprint density at radius 1 is 1.18 bits per heavy atom. The van der Waals surface area contributed by atoms with Gasteiger partial charge in [-0.05, 0) is 85.5 Å². The Kier molecular flexibility index (Phi) is 7.33. The number of rotatable bonds is 10. The first-order valence-electron chi connectivity index (χ1n) is 13.1. The van der Waals surface area contributed by atoms with E-state index in [-0.39, 0.29) is 29.4 Å². The van der Waals surface area contributed by atoms with Crippen molar-refractivity contribution < 1.29 is 27.4 Å². The van der Waals surface area contributed by atoms with E-state index < -0.39 is 15.8 Å². The number of carboxylic acid groups (broad SMARTS) is 1. The van der Waals surface area contributed by atoms with Crippen molar-refractivity contribution in [1.29, 1.82) is 0 Å². The predicted octanol–water partition coefficient (Wildman–Crippen LogP) is 5.00.